The van der Waals surface area contributed by atoms with E-state index in [2.05, 4.69) is 27.5 Å². The quantitative estimate of drug-likeness (QED) is 0.378. The highest BCUT2D eigenvalue weighted by Gasteiger charge is 2.18. The van der Waals surface area contributed by atoms with E-state index in [1.165, 1.54) is 0 Å². The van der Waals surface area contributed by atoms with Gasteiger partial charge in [0, 0.05) is 44.9 Å². The van der Waals surface area contributed by atoms with Crippen LogP contribution in [-0.4, -0.2) is 54.5 Å². The van der Waals surface area contributed by atoms with Gasteiger partial charge >= 0.3 is 0 Å². The lowest BCUT2D eigenvalue weighted by Crippen LogP contribution is -2.39. The Morgan fingerprint density at radius 1 is 1.35 bits per heavy atom. The molecule has 7 nitrogen and oxygen atoms in total. The van der Waals surface area contributed by atoms with Crippen LogP contribution in [0, 0.1) is 0 Å². The van der Waals surface area contributed by atoms with E-state index in [9.17, 15) is 4.79 Å². The third-order valence-corrected chi connectivity index (χ3v) is 4.08. The second kappa shape index (κ2) is 11.3. The highest BCUT2D eigenvalue weighted by Crippen LogP contribution is 2.10. The molecule has 1 aromatic rings. The number of hydrogen-bond donors (Lipinski definition) is 2. The van der Waals surface area contributed by atoms with Gasteiger partial charge in [-0.2, -0.15) is 0 Å². The predicted molar refractivity (Wildman–Crippen MR) is 103 cm³/mol. The van der Waals surface area contributed by atoms with Gasteiger partial charge in [0.15, 0.2) is 5.96 Å². The molecule has 0 aromatic carbocycles. The molecule has 7 heteroatoms. The van der Waals surface area contributed by atoms with Gasteiger partial charge in [-0.15, -0.1) is 0 Å². The predicted octanol–water partition coefficient (Wildman–Crippen LogP) is 1.94. The molecule has 0 atom stereocenters. The minimum absolute atomic E-state index is 0.282. The molecule has 2 heterocycles. The third kappa shape index (κ3) is 6.90. The summed E-state index contributed by atoms with van der Waals surface area (Å²) in [6.45, 7) is 8.66. The second-order valence-corrected chi connectivity index (χ2v) is 6.31. The Labute approximate surface area is 156 Å². The van der Waals surface area contributed by atoms with Crippen LogP contribution in [0.15, 0.2) is 23.3 Å². The van der Waals surface area contributed by atoms with E-state index >= 15 is 0 Å². The van der Waals surface area contributed by atoms with Crippen LogP contribution in [0.2, 0.25) is 0 Å². The SMILES string of the molecule is CCCOc1ccc(CN=C(NCC)NCCCN2CCCC2=O)cn1. The average molecular weight is 361 g/mol. The summed E-state index contributed by atoms with van der Waals surface area (Å²) in [5, 5.41) is 6.57. The van der Waals surface area contributed by atoms with E-state index in [1.807, 2.05) is 24.0 Å². The molecule has 0 aliphatic carbocycles. The van der Waals surface area contributed by atoms with Gasteiger partial charge in [0.1, 0.15) is 0 Å². The standard InChI is InChI=1S/C19H31N5O2/c1-3-13-26-17-9-8-16(14-22-17)15-23-19(20-4-2)21-10-6-12-24-11-5-7-18(24)25/h8-9,14H,3-7,10-13,15H2,1-2H3,(H2,20,21,23). The van der Waals surface area contributed by atoms with Crippen molar-refractivity contribution in [2.75, 3.05) is 32.8 Å². The molecule has 1 amide bonds. The maximum Gasteiger partial charge on any atom is 0.222 e. The summed E-state index contributed by atoms with van der Waals surface area (Å²) in [6.07, 6.45) is 5.39. The molecule has 0 spiro atoms. The molecule has 0 unspecified atom stereocenters. The lowest BCUT2D eigenvalue weighted by atomic mass is 10.3. The van der Waals surface area contributed by atoms with Gasteiger partial charge in [0.05, 0.1) is 13.2 Å². The molecule has 2 N–H and O–H groups in total. The first-order valence-electron chi connectivity index (χ1n) is 9.60. The summed E-state index contributed by atoms with van der Waals surface area (Å²) >= 11 is 0. The first-order chi connectivity index (χ1) is 12.7. The number of guanidine groups is 1. The molecule has 0 radical (unpaired) electrons. The Balaban J connectivity index is 1.75. The number of aromatic nitrogens is 1. The van der Waals surface area contributed by atoms with Crippen molar-refractivity contribution in [2.24, 2.45) is 4.99 Å². The normalized spacial score (nSPS) is 14.6. The molecule has 1 saturated heterocycles. The maximum absolute atomic E-state index is 11.6. The number of carbonyl (C=O) groups is 1. The number of nitrogens with zero attached hydrogens (tertiary/aromatic N) is 3. The Morgan fingerprint density at radius 3 is 2.88 bits per heavy atom. The Bertz CT molecular complexity index is 574. The van der Waals surface area contributed by atoms with E-state index < -0.39 is 0 Å². The number of pyridine rings is 1. The highest BCUT2D eigenvalue weighted by atomic mass is 16.5. The van der Waals surface area contributed by atoms with Crippen LogP contribution >= 0.6 is 0 Å². The summed E-state index contributed by atoms with van der Waals surface area (Å²) in [6, 6.07) is 3.87. The molecule has 0 bridgehead atoms. The second-order valence-electron chi connectivity index (χ2n) is 6.31. The van der Waals surface area contributed by atoms with E-state index in [0.717, 1.165) is 57.0 Å². The summed E-state index contributed by atoms with van der Waals surface area (Å²) in [5.41, 5.74) is 1.04. The molecule has 1 aliphatic rings. The fourth-order valence-corrected chi connectivity index (χ4v) is 2.73. The number of rotatable bonds is 10. The number of amides is 1. The molecule has 0 saturated carbocycles. The van der Waals surface area contributed by atoms with Gasteiger partial charge in [-0.3, -0.25) is 4.79 Å². The number of aliphatic imine (C=N–C) groups is 1. The monoisotopic (exact) mass is 361 g/mol. The number of ether oxygens (including phenoxy) is 1. The van der Waals surface area contributed by atoms with Crippen molar-refractivity contribution in [3.8, 4) is 5.88 Å². The first-order valence-corrected chi connectivity index (χ1v) is 9.60. The van der Waals surface area contributed by atoms with Crippen molar-refractivity contribution >= 4 is 11.9 Å². The molecular weight excluding hydrogens is 330 g/mol. The number of likely N-dealkylation sites (tertiary alicyclic amines) is 1. The van der Waals surface area contributed by atoms with Crippen molar-refractivity contribution in [2.45, 2.75) is 46.1 Å². The van der Waals surface area contributed by atoms with Crippen LogP contribution in [0.25, 0.3) is 0 Å². The Kier molecular flexibility index (Phi) is 8.72. The molecule has 1 aromatic heterocycles. The zero-order valence-electron chi connectivity index (χ0n) is 16.0. The van der Waals surface area contributed by atoms with Crippen LogP contribution in [0.3, 0.4) is 0 Å². The lowest BCUT2D eigenvalue weighted by molar-refractivity contribution is -0.127. The van der Waals surface area contributed by atoms with Crippen molar-refractivity contribution in [1.82, 2.24) is 20.5 Å². The Morgan fingerprint density at radius 2 is 2.23 bits per heavy atom. The summed E-state index contributed by atoms with van der Waals surface area (Å²) < 4.78 is 5.49. The van der Waals surface area contributed by atoms with Gasteiger partial charge in [-0.1, -0.05) is 13.0 Å². The van der Waals surface area contributed by atoms with E-state index in [1.54, 1.807) is 6.20 Å². The fraction of sp³-hybridized carbons (Fsp3) is 0.632. The van der Waals surface area contributed by atoms with Crippen LogP contribution < -0.4 is 15.4 Å². The molecular formula is C19H31N5O2. The van der Waals surface area contributed by atoms with Gasteiger partial charge in [-0.05, 0) is 31.7 Å². The molecule has 2 rings (SSSR count). The minimum atomic E-state index is 0.282. The number of carbonyl (C=O) groups excluding carboxylic acids is 1. The topological polar surface area (TPSA) is 78.9 Å². The van der Waals surface area contributed by atoms with Crippen molar-refractivity contribution in [3.63, 3.8) is 0 Å². The first kappa shape index (κ1) is 20.0. The number of nitrogens with one attached hydrogen (secondary N) is 2. The lowest BCUT2D eigenvalue weighted by Gasteiger charge is -2.16. The van der Waals surface area contributed by atoms with Gasteiger partial charge in [0.25, 0.3) is 0 Å². The van der Waals surface area contributed by atoms with Crippen LogP contribution in [-0.2, 0) is 11.3 Å². The highest BCUT2D eigenvalue weighted by molar-refractivity contribution is 5.79. The minimum Gasteiger partial charge on any atom is -0.478 e. The van der Waals surface area contributed by atoms with E-state index in [0.29, 0.717) is 25.5 Å². The molecule has 1 aliphatic heterocycles. The average Bonchev–Trinajstić information content (AvgIpc) is 3.07. The zero-order valence-corrected chi connectivity index (χ0v) is 16.0. The summed E-state index contributed by atoms with van der Waals surface area (Å²) in [5.74, 6) is 1.72. The van der Waals surface area contributed by atoms with E-state index in [4.69, 9.17) is 4.74 Å². The Hall–Kier alpha value is -2.31. The van der Waals surface area contributed by atoms with E-state index in [-0.39, 0.29) is 5.91 Å². The smallest absolute Gasteiger partial charge is 0.222 e. The molecule has 1 fully saturated rings. The maximum atomic E-state index is 11.6. The number of hydrogen-bond acceptors (Lipinski definition) is 4. The largest absolute Gasteiger partial charge is 0.478 e. The molecule has 144 valence electrons. The summed E-state index contributed by atoms with van der Waals surface area (Å²) in [4.78, 5) is 22.4. The zero-order chi connectivity index (χ0) is 18.6. The van der Waals surface area contributed by atoms with Crippen molar-refractivity contribution in [1.29, 1.82) is 0 Å². The van der Waals surface area contributed by atoms with Crippen LogP contribution in [0.4, 0.5) is 0 Å². The van der Waals surface area contributed by atoms with Crippen molar-refractivity contribution in [3.05, 3.63) is 23.9 Å². The van der Waals surface area contributed by atoms with Crippen LogP contribution in [0.1, 0.15) is 45.1 Å². The molecule has 26 heavy (non-hydrogen) atoms. The summed E-state index contributed by atoms with van der Waals surface area (Å²) in [7, 11) is 0. The van der Waals surface area contributed by atoms with Gasteiger partial charge in [0.2, 0.25) is 11.8 Å². The van der Waals surface area contributed by atoms with Crippen LogP contribution in [0.5, 0.6) is 5.88 Å². The fourth-order valence-electron chi connectivity index (χ4n) is 2.73. The van der Waals surface area contributed by atoms with Crippen molar-refractivity contribution < 1.29 is 9.53 Å². The van der Waals surface area contributed by atoms with Gasteiger partial charge in [-0.25, -0.2) is 9.98 Å². The van der Waals surface area contributed by atoms with Gasteiger partial charge < -0.3 is 20.3 Å². The third-order valence-electron chi connectivity index (χ3n) is 4.08.